The first-order valence-electron chi connectivity index (χ1n) is 17.3. The smallest absolute Gasteiger partial charge is 0.420 e. The van der Waals surface area contributed by atoms with Gasteiger partial charge in [0.05, 0.1) is 16.3 Å². The highest BCUT2D eigenvalue weighted by Crippen LogP contribution is 2.48. The largest absolute Gasteiger partial charge is 0.506 e. The number of carbonyl (C=O) groups is 3. The molecule has 2 aromatic carbocycles. The van der Waals surface area contributed by atoms with Crippen molar-refractivity contribution in [3.05, 3.63) is 58.1 Å². The second-order valence-electron chi connectivity index (χ2n) is 13.5. The first-order valence-corrected chi connectivity index (χ1v) is 17.7. The Morgan fingerprint density at radius 2 is 1.88 bits per heavy atom. The van der Waals surface area contributed by atoms with Crippen LogP contribution in [0.5, 0.6) is 5.75 Å². The fraction of sp³-hybridized carbons (Fsp3) is 0.583. The Balaban J connectivity index is 1.21. The van der Waals surface area contributed by atoms with Crippen LogP contribution in [0.1, 0.15) is 94.2 Å². The van der Waals surface area contributed by atoms with Crippen LogP contribution < -0.4 is 10.6 Å². The molecule has 5 rings (SSSR count). The van der Waals surface area contributed by atoms with Gasteiger partial charge in [-0.1, -0.05) is 43.1 Å². The fourth-order valence-electron chi connectivity index (χ4n) is 7.52. The monoisotopic (exact) mass is 707 g/mol. The van der Waals surface area contributed by atoms with E-state index in [1.54, 1.807) is 0 Å². The van der Waals surface area contributed by atoms with Crippen molar-refractivity contribution in [1.29, 1.82) is 0 Å². The summed E-state index contributed by atoms with van der Waals surface area (Å²) >= 11 is 5.94. The second kappa shape index (κ2) is 16.0. The molecule has 2 amide bonds. The van der Waals surface area contributed by atoms with Crippen molar-refractivity contribution in [3.63, 3.8) is 0 Å². The van der Waals surface area contributed by atoms with Gasteiger partial charge in [0, 0.05) is 31.0 Å². The van der Waals surface area contributed by atoms with E-state index in [4.69, 9.17) is 21.1 Å². The van der Waals surface area contributed by atoms with Crippen LogP contribution in [0.3, 0.4) is 0 Å². The zero-order valence-corrected chi connectivity index (χ0v) is 28.5. The number of hydrogen-bond acceptors (Lipinski definition) is 7. The van der Waals surface area contributed by atoms with Crippen molar-refractivity contribution in [3.8, 4) is 5.75 Å². The lowest BCUT2D eigenvalue weighted by Gasteiger charge is -2.43. The molecule has 0 aromatic heterocycles. The molecule has 2 heterocycles. The van der Waals surface area contributed by atoms with Gasteiger partial charge >= 0.3 is 18.2 Å². The molecule has 2 fully saturated rings. The highest BCUT2D eigenvalue weighted by molar-refractivity contribution is 6.32. The number of nitrogens with one attached hydrogen (secondary N) is 2. The number of amides is 2. The number of likely N-dealkylation sites (tertiary alicyclic amines) is 1. The van der Waals surface area contributed by atoms with Crippen molar-refractivity contribution >= 4 is 35.3 Å². The maximum Gasteiger partial charge on any atom is 0.420 e. The Kier molecular flexibility index (Phi) is 12.0. The molecule has 3 N–H and O–H groups in total. The van der Waals surface area contributed by atoms with Gasteiger partial charge in [-0.25, -0.2) is 4.79 Å². The zero-order chi connectivity index (χ0) is 35.2. The van der Waals surface area contributed by atoms with Gasteiger partial charge in [-0.2, -0.15) is 13.2 Å². The lowest BCUT2D eigenvalue weighted by Crippen LogP contribution is -2.42. The predicted octanol–water partition coefficient (Wildman–Crippen LogP) is 7.72. The Morgan fingerprint density at radius 1 is 1.16 bits per heavy atom. The summed E-state index contributed by atoms with van der Waals surface area (Å²) in [6.45, 7) is 4.46. The Bertz CT molecular complexity index is 1490. The summed E-state index contributed by atoms with van der Waals surface area (Å²) in [5.41, 5.74) is -0.376. The molecule has 2 aliphatic heterocycles. The lowest BCUT2D eigenvalue weighted by molar-refractivity contribution is -0.156. The number of alkyl halides is 3. The standard InChI is InChI=1S/C36H45ClF3N3O6/c1-2-7-25(43-18-5-6-19-43)14-17-41-33(46)30(22-24-20-27(36(38,39)40)32(45)28(37)21-24)48-31(44)11-10-23-12-15-35(16-13-23)26-8-3-4-9-29(26)42-34(47)49-35/h3-4,8-9,20-21,23,25,30,45H,2,5-7,10-19,22H2,1H3,(H,41,46)(H,42,47)/t23?,25?,30-,35?/m1/s1. The van der Waals surface area contributed by atoms with Gasteiger partial charge in [0.2, 0.25) is 0 Å². The second-order valence-corrected chi connectivity index (χ2v) is 13.9. The number of ether oxygens (including phenoxy) is 2. The number of halogens is 4. The summed E-state index contributed by atoms with van der Waals surface area (Å²) in [6.07, 6.45) is 0.946. The van der Waals surface area contributed by atoms with Crippen LogP contribution in [0.15, 0.2) is 36.4 Å². The molecule has 3 aliphatic rings. The Hall–Kier alpha value is -3.51. The van der Waals surface area contributed by atoms with E-state index in [1.165, 1.54) is 0 Å². The topological polar surface area (TPSA) is 117 Å². The SMILES string of the molecule is CCCC(CCNC(=O)[C@@H](Cc1cc(Cl)c(O)c(C(F)(F)F)c1)OC(=O)CCC1CCC2(CC1)OC(=O)Nc1ccccc12)N1CCCC1. The maximum absolute atomic E-state index is 13.6. The third-order valence-corrected chi connectivity index (χ3v) is 10.4. The summed E-state index contributed by atoms with van der Waals surface area (Å²) in [5, 5.41) is 15.0. The maximum atomic E-state index is 13.6. The summed E-state index contributed by atoms with van der Waals surface area (Å²) in [7, 11) is 0. The lowest BCUT2D eigenvalue weighted by atomic mass is 9.73. The first kappa shape index (κ1) is 36.8. The number of rotatable bonds is 13. The summed E-state index contributed by atoms with van der Waals surface area (Å²) in [4.78, 5) is 41.3. The zero-order valence-electron chi connectivity index (χ0n) is 27.8. The van der Waals surface area contributed by atoms with E-state index in [0.29, 0.717) is 51.1 Å². The Morgan fingerprint density at radius 3 is 2.57 bits per heavy atom. The molecule has 0 bridgehead atoms. The fourth-order valence-corrected chi connectivity index (χ4v) is 7.76. The number of phenols is 1. The molecule has 1 spiro atoms. The number of esters is 1. The molecule has 9 nitrogen and oxygen atoms in total. The van der Waals surface area contributed by atoms with Crippen LogP contribution in [0.4, 0.5) is 23.7 Å². The summed E-state index contributed by atoms with van der Waals surface area (Å²) in [5.74, 6) is -2.19. The van der Waals surface area contributed by atoms with Gasteiger partial charge in [-0.15, -0.1) is 0 Å². The third kappa shape index (κ3) is 9.19. The van der Waals surface area contributed by atoms with Crippen LogP contribution in [-0.4, -0.2) is 59.8 Å². The minimum absolute atomic E-state index is 0.00150. The van der Waals surface area contributed by atoms with Gasteiger partial charge in [-0.05, 0) is 101 Å². The number of nitrogens with zero attached hydrogens (tertiary/aromatic N) is 1. The number of hydrogen-bond donors (Lipinski definition) is 3. The number of benzene rings is 2. The van der Waals surface area contributed by atoms with Crippen LogP contribution in [0, 0.1) is 5.92 Å². The molecule has 268 valence electrons. The summed E-state index contributed by atoms with van der Waals surface area (Å²) < 4.78 is 52.3. The molecule has 1 saturated heterocycles. The number of fused-ring (bicyclic) bond motifs is 2. The predicted molar refractivity (Wildman–Crippen MR) is 178 cm³/mol. The number of para-hydroxylation sites is 1. The minimum Gasteiger partial charge on any atom is -0.506 e. The van der Waals surface area contributed by atoms with Gasteiger partial charge in [-0.3, -0.25) is 14.9 Å². The van der Waals surface area contributed by atoms with E-state index in [1.807, 2.05) is 24.3 Å². The highest BCUT2D eigenvalue weighted by Gasteiger charge is 2.44. The first-order chi connectivity index (χ1) is 23.4. The molecule has 49 heavy (non-hydrogen) atoms. The van der Waals surface area contributed by atoms with Crippen molar-refractivity contribution < 1.29 is 42.1 Å². The van der Waals surface area contributed by atoms with Crippen molar-refractivity contribution in [2.45, 2.75) is 108 Å². The average molecular weight is 708 g/mol. The molecule has 13 heteroatoms. The molecule has 1 aliphatic carbocycles. The van der Waals surface area contributed by atoms with Crippen molar-refractivity contribution in [2.75, 3.05) is 25.0 Å². The number of phenolic OH excluding ortho intramolecular Hbond substituents is 1. The number of anilines is 1. The van der Waals surface area contributed by atoms with Gasteiger partial charge in [0.25, 0.3) is 5.91 Å². The van der Waals surface area contributed by atoms with Crippen molar-refractivity contribution in [2.24, 2.45) is 5.92 Å². The molecular formula is C36H45ClF3N3O6. The minimum atomic E-state index is -4.88. The normalized spacial score (nSPS) is 22.1. The van der Waals surface area contributed by atoms with Crippen LogP contribution in [-0.2, 0) is 37.3 Å². The van der Waals surface area contributed by atoms with E-state index < -0.39 is 52.2 Å². The van der Waals surface area contributed by atoms with E-state index >= 15 is 0 Å². The van der Waals surface area contributed by atoms with Crippen LogP contribution in [0.25, 0.3) is 0 Å². The number of carbonyl (C=O) groups excluding carboxylic acids is 3. The van der Waals surface area contributed by atoms with Crippen LogP contribution in [0.2, 0.25) is 5.02 Å². The van der Waals surface area contributed by atoms with Crippen molar-refractivity contribution in [1.82, 2.24) is 10.2 Å². The Labute approximate surface area is 289 Å². The molecule has 2 aromatic rings. The molecule has 1 saturated carbocycles. The van der Waals surface area contributed by atoms with Crippen LogP contribution >= 0.6 is 11.6 Å². The molecular weight excluding hydrogens is 663 g/mol. The van der Waals surface area contributed by atoms with E-state index in [2.05, 4.69) is 22.5 Å². The summed E-state index contributed by atoms with van der Waals surface area (Å²) in [6, 6.07) is 9.73. The van der Waals surface area contributed by atoms with Gasteiger partial charge in [0.15, 0.2) is 6.10 Å². The molecule has 2 atom stereocenters. The molecule has 0 radical (unpaired) electrons. The average Bonchev–Trinajstić information content (AvgIpc) is 3.60. The molecule has 1 unspecified atom stereocenters. The quantitative estimate of drug-likeness (QED) is 0.183. The highest BCUT2D eigenvalue weighted by atomic mass is 35.5. The third-order valence-electron chi connectivity index (χ3n) is 10.1. The van der Waals surface area contributed by atoms with Gasteiger partial charge in [0.1, 0.15) is 11.4 Å². The van der Waals surface area contributed by atoms with E-state index in [-0.39, 0.29) is 24.3 Å². The van der Waals surface area contributed by atoms with E-state index in [0.717, 1.165) is 62.2 Å². The van der Waals surface area contributed by atoms with E-state index in [9.17, 15) is 32.7 Å². The number of aromatic hydroxyl groups is 1. The van der Waals surface area contributed by atoms with Gasteiger partial charge < -0.3 is 24.8 Å².